The number of ether oxygens (including phenoxy) is 1. The highest BCUT2D eigenvalue weighted by molar-refractivity contribution is 7.99. The maximum absolute atomic E-state index is 12.5. The van der Waals surface area contributed by atoms with Crippen molar-refractivity contribution < 1.29 is 9.53 Å². The molecule has 1 saturated heterocycles. The van der Waals surface area contributed by atoms with E-state index >= 15 is 0 Å². The summed E-state index contributed by atoms with van der Waals surface area (Å²) in [6.07, 6.45) is 4.39. The number of hydrogen-bond acceptors (Lipinski definition) is 6. The number of carbonyl (C=O) groups is 1. The van der Waals surface area contributed by atoms with Gasteiger partial charge in [0.2, 0.25) is 0 Å². The van der Waals surface area contributed by atoms with Gasteiger partial charge in [0, 0.05) is 57.1 Å². The van der Waals surface area contributed by atoms with Gasteiger partial charge >= 0.3 is 6.09 Å². The van der Waals surface area contributed by atoms with Crippen molar-refractivity contribution in [2.75, 3.05) is 36.8 Å². The number of aryl methyl sites for hydroxylation is 3. The second-order valence-electron chi connectivity index (χ2n) is 7.54. The van der Waals surface area contributed by atoms with Crippen LogP contribution in [0.25, 0.3) is 0 Å². The molecule has 0 saturated carbocycles. The number of amides is 1. The molecule has 1 aliphatic rings. The average molecular weight is 438 g/mol. The summed E-state index contributed by atoms with van der Waals surface area (Å²) in [5.41, 5.74) is 2.21. The first-order valence-electron chi connectivity index (χ1n) is 10.4. The van der Waals surface area contributed by atoms with E-state index in [0.29, 0.717) is 18.8 Å². The minimum Gasteiger partial charge on any atom is -0.410 e. The fourth-order valence-corrected chi connectivity index (χ4v) is 4.38. The van der Waals surface area contributed by atoms with Crippen LogP contribution in [0.5, 0.6) is 5.75 Å². The van der Waals surface area contributed by atoms with E-state index in [4.69, 9.17) is 4.74 Å². The van der Waals surface area contributed by atoms with Gasteiger partial charge in [0.25, 0.3) is 0 Å². The number of nitrogens with zero attached hydrogens (tertiary/aromatic N) is 5. The molecule has 1 aliphatic heterocycles. The Hall–Kier alpha value is -3.00. The Kier molecular flexibility index (Phi) is 6.76. The first-order chi connectivity index (χ1) is 15.1. The van der Waals surface area contributed by atoms with Crippen LogP contribution in [-0.2, 0) is 13.5 Å². The van der Waals surface area contributed by atoms with Gasteiger partial charge < -0.3 is 19.1 Å². The summed E-state index contributed by atoms with van der Waals surface area (Å²) in [7, 11) is 2.00. The maximum atomic E-state index is 12.5. The summed E-state index contributed by atoms with van der Waals surface area (Å²) < 4.78 is 7.60. The van der Waals surface area contributed by atoms with E-state index in [1.807, 2.05) is 73.4 Å². The number of aromatic nitrogens is 3. The molecule has 7 nitrogen and oxygen atoms in total. The summed E-state index contributed by atoms with van der Waals surface area (Å²) in [6.45, 7) is 4.73. The Labute approximate surface area is 187 Å². The summed E-state index contributed by atoms with van der Waals surface area (Å²) in [4.78, 5) is 25.4. The van der Waals surface area contributed by atoms with Crippen molar-refractivity contribution in [3.05, 3.63) is 66.1 Å². The van der Waals surface area contributed by atoms with Crippen LogP contribution in [0, 0.1) is 6.92 Å². The van der Waals surface area contributed by atoms with Crippen molar-refractivity contribution >= 4 is 23.7 Å². The zero-order chi connectivity index (χ0) is 21.6. The molecule has 0 radical (unpaired) electrons. The first-order valence-corrected chi connectivity index (χ1v) is 11.4. The van der Waals surface area contributed by atoms with Gasteiger partial charge in [-0.15, -0.1) is 0 Å². The summed E-state index contributed by atoms with van der Waals surface area (Å²) in [6, 6.07) is 13.8. The number of imidazole rings is 1. The molecule has 162 valence electrons. The van der Waals surface area contributed by atoms with Crippen molar-refractivity contribution in [1.82, 2.24) is 19.4 Å². The molecule has 0 aliphatic carbocycles. The highest BCUT2D eigenvalue weighted by Gasteiger charge is 2.23. The molecule has 8 heteroatoms. The first kappa shape index (κ1) is 21.2. The Morgan fingerprint density at radius 3 is 2.55 bits per heavy atom. The van der Waals surface area contributed by atoms with Crippen LogP contribution >= 0.6 is 11.8 Å². The van der Waals surface area contributed by atoms with Crippen LogP contribution in [0.4, 0.5) is 10.6 Å². The van der Waals surface area contributed by atoms with Gasteiger partial charge in [-0.1, -0.05) is 30.0 Å². The van der Waals surface area contributed by atoms with Gasteiger partial charge in [-0.25, -0.2) is 14.8 Å². The number of anilines is 1. The lowest BCUT2D eigenvalue weighted by Gasteiger charge is -2.34. The van der Waals surface area contributed by atoms with Gasteiger partial charge in [-0.3, -0.25) is 0 Å². The lowest BCUT2D eigenvalue weighted by Crippen LogP contribution is -2.49. The lowest BCUT2D eigenvalue weighted by molar-refractivity contribution is 0.149. The normalized spacial score (nSPS) is 14.0. The van der Waals surface area contributed by atoms with Crippen molar-refractivity contribution in [3.63, 3.8) is 0 Å². The SMILES string of the molecule is Cc1cccc(N2CCN(C(=O)Oc3ccc(CCSc4nccn4C)cc3)CC2)n1. The van der Waals surface area contributed by atoms with Crippen molar-refractivity contribution in [3.8, 4) is 5.75 Å². The van der Waals surface area contributed by atoms with Gasteiger partial charge in [-0.05, 0) is 43.2 Å². The third kappa shape index (κ3) is 5.58. The third-order valence-electron chi connectivity index (χ3n) is 5.26. The smallest absolute Gasteiger partial charge is 0.410 e. The molecule has 1 aromatic carbocycles. The average Bonchev–Trinajstić information content (AvgIpc) is 3.20. The van der Waals surface area contributed by atoms with Crippen LogP contribution in [0.1, 0.15) is 11.3 Å². The number of benzene rings is 1. The van der Waals surface area contributed by atoms with Crippen LogP contribution < -0.4 is 9.64 Å². The minimum atomic E-state index is -0.296. The largest absolute Gasteiger partial charge is 0.415 e. The van der Waals surface area contributed by atoms with E-state index in [9.17, 15) is 4.79 Å². The standard InChI is InChI=1S/C23H27N5O2S/c1-18-4-3-5-21(25-18)27-13-15-28(16-14-27)23(29)30-20-8-6-19(7-9-20)10-17-31-22-24-11-12-26(22)2/h3-9,11-12H,10,13-17H2,1-2H3. The predicted molar refractivity (Wildman–Crippen MR) is 123 cm³/mol. The fourth-order valence-electron chi connectivity index (χ4n) is 3.46. The molecule has 3 aromatic rings. The minimum absolute atomic E-state index is 0.296. The van der Waals surface area contributed by atoms with Gasteiger partial charge in [0.1, 0.15) is 11.6 Å². The molecule has 0 unspecified atom stereocenters. The number of hydrogen-bond donors (Lipinski definition) is 0. The second-order valence-corrected chi connectivity index (χ2v) is 8.60. The number of pyridine rings is 1. The monoisotopic (exact) mass is 437 g/mol. The Morgan fingerprint density at radius 1 is 1.10 bits per heavy atom. The third-order valence-corrected chi connectivity index (χ3v) is 6.32. The Bertz CT molecular complexity index is 1010. The summed E-state index contributed by atoms with van der Waals surface area (Å²) in [5, 5.41) is 1.02. The number of piperazine rings is 1. The van der Waals surface area contributed by atoms with E-state index in [1.54, 1.807) is 16.7 Å². The van der Waals surface area contributed by atoms with Gasteiger partial charge in [-0.2, -0.15) is 0 Å². The quantitative estimate of drug-likeness (QED) is 0.547. The van der Waals surface area contributed by atoms with Crippen LogP contribution in [-0.4, -0.2) is 57.5 Å². The van der Waals surface area contributed by atoms with Crippen molar-refractivity contribution in [1.29, 1.82) is 0 Å². The molecule has 0 atom stereocenters. The Morgan fingerprint density at radius 2 is 1.87 bits per heavy atom. The zero-order valence-electron chi connectivity index (χ0n) is 17.9. The fraction of sp³-hybridized carbons (Fsp3) is 0.348. The van der Waals surface area contributed by atoms with Crippen LogP contribution in [0.3, 0.4) is 0 Å². The number of rotatable bonds is 6. The molecule has 1 amide bonds. The van der Waals surface area contributed by atoms with Crippen molar-refractivity contribution in [2.45, 2.75) is 18.5 Å². The predicted octanol–water partition coefficient (Wildman–Crippen LogP) is 3.78. The molecule has 1 fully saturated rings. The molecule has 31 heavy (non-hydrogen) atoms. The molecule has 0 bridgehead atoms. The molecule has 0 spiro atoms. The van der Waals surface area contributed by atoms with E-state index < -0.39 is 0 Å². The van der Waals surface area contributed by atoms with E-state index in [2.05, 4.69) is 14.9 Å². The lowest BCUT2D eigenvalue weighted by atomic mass is 10.2. The molecule has 3 heterocycles. The molecular weight excluding hydrogens is 410 g/mol. The molecule has 0 N–H and O–H groups in total. The number of carbonyl (C=O) groups excluding carboxylic acids is 1. The van der Waals surface area contributed by atoms with Crippen molar-refractivity contribution in [2.24, 2.45) is 7.05 Å². The van der Waals surface area contributed by atoms with E-state index in [1.165, 1.54) is 5.56 Å². The van der Waals surface area contributed by atoms with Crippen LogP contribution in [0.15, 0.2) is 60.0 Å². The topological polar surface area (TPSA) is 63.5 Å². The highest BCUT2D eigenvalue weighted by atomic mass is 32.2. The second kappa shape index (κ2) is 9.87. The highest BCUT2D eigenvalue weighted by Crippen LogP contribution is 2.19. The van der Waals surface area contributed by atoms with E-state index in [0.717, 1.165) is 41.9 Å². The zero-order valence-corrected chi connectivity index (χ0v) is 18.7. The van der Waals surface area contributed by atoms with Gasteiger partial charge in [0.15, 0.2) is 5.16 Å². The molecule has 4 rings (SSSR count). The van der Waals surface area contributed by atoms with Crippen LogP contribution in [0.2, 0.25) is 0 Å². The maximum Gasteiger partial charge on any atom is 0.415 e. The number of thioether (sulfide) groups is 1. The summed E-state index contributed by atoms with van der Waals surface area (Å²) in [5.74, 6) is 2.49. The Balaban J connectivity index is 1.23. The molecular formula is C23H27N5O2S. The summed E-state index contributed by atoms with van der Waals surface area (Å²) >= 11 is 1.73. The molecule has 2 aromatic heterocycles. The van der Waals surface area contributed by atoms with E-state index in [-0.39, 0.29) is 6.09 Å². The van der Waals surface area contributed by atoms with Gasteiger partial charge in [0.05, 0.1) is 0 Å².